The number of hydrogen-bond donors (Lipinski definition) is 3. The van der Waals surface area contributed by atoms with E-state index in [0.717, 1.165) is 19.5 Å². The highest BCUT2D eigenvalue weighted by molar-refractivity contribution is 5.96. The van der Waals surface area contributed by atoms with Crippen LogP contribution in [-0.2, 0) is 0 Å². The number of aliphatic imine (C=N–C) groups is 1. The number of nitrogens with one attached hydrogen (secondary N) is 3. The molecule has 0 saturated heterocycles. The summed E-state index contributed by atoms with van der Waals surface area (Å²) < 4.78 is 0. The molecule has 0 aromatic rings. The van der Waals surface area contributed by atoms with E-state index in [1.165, 1.54) is 0 Å². The van der Waals surface area contributed by atoms with E-state index < -0.39 is 0 Å². The van der Waals surface area contributed by atoms with E-state index in [4.69, 9.17) is 0 Å². The van der Waals surface area contributed by atoms with Crippen LogP contribution in [0.5, 0.6) is 0 Å². The summed E-state index contributed by atoms with van der Waals surface area (Å²) in [6.45, 7) is 4.25. The second-order valence-electron chi connectivity index (χ2n) is 2.54. The van der Waals surface area contributed by atoms with Gasteiger partial charge in [-0.15, -0.1) is 0 Å². The van der Waals surface area contributed by atoms with Crippen molar-refractivity contribution in [2.24, 2.45) is 4.99 Å². The summed E-state index contributed by atoms with van der Waals surface area (Å²) in [6, 6.07) is -0.190. The minimum atomic E-state index is -0.190. The normalized spacial score (nSPS) is 14.9. The Morgan fingerprint density at radius 2 is 2.58 bits per heavy atom. The third kappa shape index (κ3) is 2.77. The summed E-state index contributed by atoms with van der Waals surface area (Å²) >= 11 is 0. The number of carbonyl (C=O) groups excluding carboxylic acids is 1. The second-order valence-corrected chi connectivity index (χ2v) is 2.54. The smallest absolute Gasteiger partial charge is 0.321 e. The first-order chi connectivity index (χ1) is 5.83. The fraction of sp³-hybridized carbons (Fsp3) is 0.714. The predicted molar refractivity (Wildman–Crippen MR) is 47.1 cm³/mol. The Balaban J connectivity index is 2.17. The third-order valence-corrected chi connectivity index (χ3v) is 1.44. The number of guanidine groups is 1. The summed E-state index contributed by atoms with van der Waals surface area (Å²) in [6.07, 6.45) is 0.938. The van der Waals surface area contributed by atoms with Crippen molar-refractivity contribution >= 4 is 12.0 Å². The number of urea groups is 1. The van der Waals surface area contributed by atoms with Crippen molar-refractivity contribution in [3.63, 3.8) is 0 Å². The highest BCUT2D eigenvalue weighted by atomic mass is 16.2. The van der Waals surface area contributed by atoms with Crippen LogP contribution in [0.2, 0.25) is 0 Å². The molecule has 3 N–H and O–H groups in total. The Kier molecular flexibility index (Phi) is 3.37. The van der Waals surface area contributed by atoms with Gasteiger partial charge in [0.05, 0.1) is 6.54 Å². The van der Waals surface area contributed by atoms with Crippen molar-refractivity contribution in [1.29, 1.82) is 0 Å². The fourth-order valence-corrected chi connectivity index (χ4v) is 0.872. The monoisotopic (exact) mass is 170 g/mol. The first-order valence-electron chi connectivity index (χ1n) is 4.16. The van der Waals surface area contributed by atoms with Gasteiger partial charge in [-0.05, 0) is 6.42 Å². The number of amides is 2. The molecular formula is C7H14N4O. The molecular weight excluding hydrogens is 156 g/mol. The molecule has 1 aliphatic heterocycles. The van der Waals surface area contributed by atoms with Gasteiger partial charge in [-0.25, -0.2) is 4.79 Å². The molecule has 0 atom stereocenters. The maximum absolute atomic E-state index is 11.0. The SMILES string of the molecule is CCCNC(=O)NC1=NCCN1. The maximum Gasteiger partial charge on any atom is 0.321 e. The first-order valence-corrected chi connectivity index (χ1v) is 4.16. The van der Waals surface area contributed by atoms with Crippen LogP contribution < -0.4 is 16.0 Å². The Bertz CT molecular complexity index is 190. The number of nitrogens with zero attached hydrogens (tertiary/aromatic N) is 1. The summed E-state index contributed by atoms with van der Waals surface area (Å²) in [5.74, 6) is 0.573. The Morgan fingerprint density at radius 3 is 3.17 bits per heavy atom. The molecule has 1 heterocycles. The highest BCUT2D eigenvalue weighted by Crippen LogP contribution is 1.80. The Hall–Kier alpha value is -1.26. The molecule has 0 unspecified atom stereocenters. The van der Waals surface area contributed by atoms with Crippen LogP contribution in [0, 0.1) is 0 Å². The molecule has 1 rings (SSSR count). The number of hydrogen-bond acceptors (Lipinski definition) is 3. The van der Waals surface area contributed by atoms with Crippen molar-refractivity contribution in [3.8, 4) is 0 Å². The molecule has 0 spiro atoms. The summed E-state index contributed by atoms with van der Waals surface area (Å²) in [5.41, 5.74) is 0. The molecule has 0 bridgehead atoms. The van der Waals surface area contributed by atoms with E-state index in [2.05, 4.69) is 20.9 Å². The van der Waals surface area contributed by atoms with E-state index in [9.17, 15) is 4.79 Å². The average Bonchev–Trinajstić information content (AvgIpc) is 2.53. The van der Waals surface area contributed by atoms with Gasteiger partial charge in [-0.2, -0.15) is 0 Å². The van der Waals surface area contributed by atoms with Crippen molar-refractivity contribution in [3.05, 3.63) is 0 Å². The minimum Gasteiger partial charge on any atom is -0.354 e. The average molecular weight is 170 g/mol. The zero-order chi connectivity index (χ0) is 8.81. The molecule has 0 aliphatic carbocycles. The van der Waals surface area contributed by atoms with Gasteiger partial charge in [-0.3, -0.25) is 10.3 Å². The molecule has 0 fully saturated rings. The van der Waals surface area contributed by atoms with Gasteiger partial charge in [-0.1, -0.05) is 6.92 Å². The van der Waals surface area contributed by atoms with Crippen LogP contribution in [0.25, 0.3) is 0 Å². The number of rotatable bonds is 2. The zero-order valence-corrected chi connectivity index (χ0v) is 7.18. The molecule has 68 valence electrons. The lowest BCUT2D eigenvalue weighted by atomic mass is 10.5. The van der Waals surface area contributed by atoms with Crippen molar-refractivity contribution in [2.45, 2.75) is 13.3 Å². The lowest BCUT2D eigenvalue weighted by Gasteiger charge is -2.05. The van der Waals surface area contributed by atoms with Crippen molar-refractivity contribution in [2.75, 3.05) is 19.6 Å². The lowest BCUT2D eigenvalue weighted by Crippen LogP contribution is -2.44. The maximum atomic E-state index is 11.0. The van der Waals surface area contributed by atoms with Crippen LogP contribution in [0.4, 0.5) is 4.79 Å². The zero-order valence-electron chi connectivity index (χ0n) is 7.18. The van der Waals surface area contributed by atoms with Crippen LogP contribution in [0.3, 0.4) is 0 Å². The Labute approximate surface area is 71.6 Å². The van der Waals surface area contributed by atoms with Gasteiger partial charge < -0.3 is 10.6 Å². The Morgan fingerprint density at radius 1 is 1.75 bits per heavy atom. The topological polar surface area (TPSA) is 65.5 Å². The van der Waals surface area contributed by atoms with Gasteiger partial charge in [0.1, 0.15) is 0 Å². The molecule has 0 radical (unpaired) electrons. The molecule has 2 amide bonds. The third-order valence-electron chi connectivity index (χ3n) is 1.44. The van der Waals surface area contributed by atoms with Gasteiger partial charge >= 0.3 is 6.03 Å². The number of carbonyl (C=O) groups is 1. The van der Waals surface area contributed by atoms with E-state index >= 15 is 0 Å². The summed E-state index contributed by atoms with van der Waals surface area (Å²) in [4.78, 5) is 15.0. The molecule has 0 aromatic carbocycles. The lowest BCUT2D eigenvalue weighted by molar-refractivity contribution is 0.245. The van der Waals surface area contributed by atoms with Crippen molar-refractivity contribution < 1.29 is 4.79 Å². The van der Waals surface area contributed by atoms with Crippen LogP contribution in [0.1, 0.15) is 13.3 Å². The molecule has 1 aliphatic rings. The largest absolute Gasteiger partial charge is 0.354 e. The summed E-state index contributed by atoms with van der Waals surface area (Å²) in [7, 11) is 0. The highest BCUT2D eigenvalue weighted by Gasteiger charge is 2.07. The van der Waals surface area contributed by atoms with Crippen LogP contribution >= 0.6 is 0 Å². The van der Waals surface area contributed by atoms with E-state index in [-0.39, 0.29) is 6.03 Å². The minimum absolute atomic E-state index is 0.190. The molecule has 5 heteroatoms. The van der Waals surface area contributed by atoms with Crippen LogP contribution in [-0.4, -0.2) is 31.6 Å². The fourth-order valence-electron chi connectivity index (χ4n) is 0.872. The van der Waals surface area contributed by atoms with Crippen LogP contribution in [0.15, 0.2) is 4.99 Å². The van der Waals surface area contributed by atoms with Gasteiger partial charge in [0.2, 0.25) is 0 Å². The second kappa shape index (κ2) is 4.58. The molecule has 0 aromatic heterocycles. The van der Waals surface area contributed by atoms with Gasteiger partial charge in [0.25, 0.3) is 0 Å². The van der Waals surface area contributed by atoms with Crippen molar-refractivity contribution in [1.82, 2.24) is 16.0 Å². The molecule has 0 saturated carbocycles. The van der Waals surface area contributed by atoms with E-state index in [1.54, 1.807) is 0 Å². The standard InChI is InChI=1S/C7H14N4O/c1-2-3-10-7(12)11-6-8-4-5-9-6/h2-5H2,1H3,(H3,8,9,10,11,12). The van der Waals surface area contributed by atoms with E-state index in [0.29, 0.717) is 12.5 Å². The van der Waals surface area contributed by atoms with Gasteiger partial charge in [0.15, 0.2) is 5.96 Å². The predicted octanol–water partition coefficient (Wildman–Crippen LogP) is -0.345. The quantitative estimate of drug-likeness (QED) is 0.530. The molecule has 5 nitrogen and oxygen atoms in total. The first kappa shape index (κ1) is 8.83. The van der Waals surface area contributed by atoms with Gasteiger partial charge in [0, 0.05) is 13.1 Å². The van der Waals surface area contributed by atoms with E-state index in [1.807, 2.05) is 6.92 Å². The summed E-state index contributed by atoms with van der Waals surface area (Å²) in [5, 5.41) is 8.23. The molecule has 12 heavy (non-hydrogen) atoms.